The van der Waals surface area contributed by atoms with Crippen LogP contribution in [0, 0.1) is 0 Å². The third kappa shape index (κ3) is 3.07. The molecular formula is C13H17N3O. The number of aromatic amines is 1. The number of benzene rings is 1. The first kappa shape index (κ1) is 11.7. The average molecular weight is 231 g/mol. The highest BCUT2D eigenvalue weighted by Gasteiger charge is 2.06. The predicted octanol–water partition coefficient (Wildman–Crippen LogP) is 2.27. The Morgan fingerprint density at radius 2 is 2.12 bits per heavy atom. The summed E-state index contributed by atoms with van der Waals surface area (Å²) in [5.74, 6) is 1.84. The van der Waals surface area contributed by atoms with E-state index in [-0.39, 0.29) is 6.04 Å². The molecule has 1 aromatic carbocycles. The molecule has 1 heterocycles. The molecule has 0 saturated carbocycles. The number of methoxy groups -OCH3 is 1. The van der Waals surface area contributed by atoms with Gasteiger partial charge in [-0.05, 0) is 24.6 Å². The van der Waals surface area contributed by atoms with Gasteiger partial charge in [0.15, 0.2) is 0 Å². The Hall–Kier alpha value is -1.81. The standard InChI is InChI=1S/C13H17N3O/c1-10(13-14-7-8-15-13)16-9-11-3-5-12(17-2)6-4-11/h3-8,10,16H,9H2,1-2H3,(H,14,15). The van der Waals surface area contributed by atoms with Gasteiger partial charge in [0.1, 0.15) is 11.6 Å². The Kier molecular flexibility index (Phi) is 3.77. The molecule has 0 amide bonds. The lowest BCUT2D eigenvalue weighted by molar-refractivity contribution is 0.414. The smallest absolute Gasteiger partial charge is 0.122 e. The van der Waals surface area contributed by atoms with Gasteiger partial charge in [-0.25, -0.2) is 4.98 Å². The molecule has 4 heteroatoms. The van der Waals surface area contributed by atoms with E-state index in [2.05, 4.69) is 34.3 Å². The molecule has 2 aromatic rings. The van der Waals surface area contributed by atoms with Crippen molar-refractivity contribution >= 4 is 0 Å². The second kappa shape index (κ2) is 5.50. The van der Waals surface area contributed by atoms with Gasteiger partial charge in [-0.2, -0.15) is 0 Å². The molecule has 0 aliphatic carbocycles. The first-order valence-corrected chi connectivity index (χ1v) is 5.65. The molecule has 2 rings (SSSR count). The summed E-state index contributed by atoms with van der Waals surface area (Å²) in [5, 5.41) is 3.40. The van der Waals surface area contributed by atoms with Crippen molar-refractivity contribution < 1.29 is 4.74 Å². The van der Waals surface area contributed by atoms with Crippen LogP contribution in [-0.2, 0) is 6.54 Å². The number of nitrogens with one attached hydrogen (secondary N) is 2. The van der Waals surface area contributed by atoms with Gasteiger partial charge < -0.3 is 15.0 Å². The first-order chi connectivity index (χ1) is 8.29. The third-order valence-electron chi connectivity index (χ3n) is 2.70. The molecule has 2 N–H and O–H groups in total. The number of nitrogens with zero attached hydrogens (tertiary/aromatic N) is 1. The van der Waals surface area contributed by atoms with Crippen LogP contribution in [0.2, 0.25) is 0 Å². The number of imidazole rings is 1. The minimum absolute atomic E-state index is 0.215. The lowest BCUT2D eigenvalue weighted by Gasteiger charge is -2.11. The van der Waals surface area contributed by atoms with Gasteiger partial charge >= 0.3 is 0 Å². The summed E-state index contributed by atoms with van der Waals surface area (Å²) in [4.78, 5) is 7.32. The molecule has 0 aliphatic rings. The van der Waals surface area contributed by atoms with Crippen LogP contribution in [0.1, 0.15) is 24.4 Å². The number of H-pyrrole nitrogens is 1. The predicted molar refractivity (Wildman–Crippen MR) is 66.8 cm³/mol. The van der Waals surface area contributed by atoms with Crippen LogP contribution in [-0.4, -0.2) is 17.1 Å². The fourth-order valence-corrected chi connectivity index (χ4v) is 1.63. The molecule has 0 fully saturated rings. The number of rotatable bonds is 5. The topological polar surface area (TPSA) is 49.9 Å². The Morgan fingerprint density at radius 1 is 1.35 bits per heavy atom. The highest BCUT2D eigenvalue weighted by atomic mass is 16.5. The van der Waals surface area contributed by atoms with Crippen LogP contribution in [0.3, 0.4) is 0 Å². The van der Waals surface area contributed by atoms with Crippen LogP contribution in [0.15, 0.2) is 36.7 Å². The molecule has 0 saturated heterocycles. The lowest BCUT2D eigenvalue weighted by Crippen LogP contribution is -2.19. The van der Waals surface area contributed by atoms with E-state index in [4.69, 9.17) is 4.74 Å². The minimum atomic E-state index is 0.215. The molecular weight excluding hydrogens is 214 g/mol. The average Bonchev–Trinajstić information content (AvgIpc) is 2.90. The van der Waals surface area contributed by atoms with E-state index in [9.17, 15) is 0 Å². The molecule has 1 aromatic heterocycles. The Labute approximate surface area is 101 Å². The summed E-state index contributed by atoms with van der Waals surface area (Å²) < 4.78 is 5.12. The molecule has 1 atom stereocenters. The van der Waals surface area contributed by atoms with Crippen molar-refractivity contribution in [1.29, 1.82) is 0 Å². The largest absolute Gasteiger partial charge is 0.497 e. The van der Waals surface area contributed by atoms with Crippen LogP contribution in [0.25, 0.3) is 0 Å². The zero-order valence-corrected chi connectivity index (χ0v) is 10.1. The highest BCUT2D eigenvalue weighted by molar-refractivity contribution is 5.27. The van der Waals surface area contributed by atoms with E-state index in [1.807, 2.05) is 18.3 Å². The Morgan fingerprint density at radius 3 is 2.71 bits per heavy atom. The fourth-order valence-electron chi connectivity index (χ4n) is 1.63. The number of hydrogen-bond donors (Lipinski definition) is 2. The van der Waals surface area contributed by atoms with Crippen molar-refractivity contribution in [1.82, 2.24) is 15.3 Å². The van der Waals surface area contributed by atoms with Gasteiger partial charge in [-0.15, -0.1) is 0 Å². The van der Waals surface area contributed by atoms with E-state index >= 15 is 0 Å². The molecule has 0 bridgehead atoms. The normalized spacial score (nSPS) is 12.4. The van der Waals surface area contributed by atoms with Crippen LogP contribution < -0.4 is 10.1 Å². The SMILES string of the molecule is COc1ccc(CNC(C)c2ncc[nH]2)cc1. The van der Waals surface area contributed by atoms with Crippen LogP contribution in [0.4, 0.5) is 0 Å². The maximum absolute atomic E-state index is 5.12. The minimum Gasteiger partial charge on any atom is -0.497 e. The van der Waals surface area contributed by atoms with Crippen molar-refractivity contribution in [3.8, 4) is 5.75 Å². The lowest BCUT2D eigenvalue weighted by atomic mass is 10.2. The monoisotopic (exact) mass is 231 g/mol. The molecule has 1 unspecified atom stereocenters. The number of ether oxygens (including phenoxy) is 1. The number of hydrogen-bond acceptors (Lipinski definition) is 3. The summed E-state index contributed by atoms with van der Waals surface area (Å²) >= 11 is 0. The van der Waals surface area contributed by atoms with Crippen molar-refractivity contribution in [2.45, 2.75) is 19.5 Å². The Bertz CT molecular complexity index is 436. The van der Waals surface area contributed by atoms with E-state index < -0.39 is 0 Å². The van der Waals surface area contributed by atoms with Crippen LogP contribution in [0.5, 0.6) is 5.75 Å². The second-order valence-electron chi connectivity index (χ2n) is 3.93. The molecule has 17 heavy (non-hydrogen) atoms. The third-order valence-corrected chi connectivity index (χ3v) is 2.70. The summed E-state index contributed by atoms with van der Waals surface area (Å²) in [6, 6.07) is 8.26. The quantitative estimate of drug-likeness (QED) is 0.830. The summed E-state index contributed by atoms with van der Waals surface area (Å²) in [5.41, 5.74) is 1.23. The number of aromatic nitrogens is 2. The van der Waals surface area contributed by atoms with Crippen molar-refractivity contribution in [2.75, 3.05) is 7.11 Å². The van der Waals surface area contributed by atoms with Crippen molar-refractivity contribution in [2.24, 2.45) is 0 Å². The van der Waals surface area contributed by atoms with Gasteiger partial charge in [0.2, 0.25) is 0 Å². The zero-order valence-electron chi connectivity index (χ0n) is 10.1. The van der Waals surface area contributed by atoms with Crippen molar-refractivity contribution in [3.05, 3.63) is 48.0 Å². The maximum atomic E-state index is 5.12. The second-order valence-corrected chi connectivity index (χ2v) is 3.93. The first-order valence-electron chi connectivity index (χ1n) is 5.65. The van der Waals surface area contributed by atoms with E-state index in [0.717, 1.165) is 18.1 Å². The molecule has 4 nitrogen and oxygen atoms in total. The van der Waals surface area contributed by atoms with Gasteiger partial charge in [-0.3, -0.25) is 0 Å². The molecule has 0 aliphatic heterocycles. The van der Waals surface area contributed by atoms with Gasteiger partial charge in [0.25, 0.3) is 0 Å². The van der Waals surface area contributed by atoms with Gasteiger partial charge in [0, 0.05) is 18.9 Å². The van der Waals surface area contributed by atoms with Crippen molar-refractivity contribution in [3.63, 3.8) is 0 Å². The van der Waals surface area contributed by atoms with Crippen LogP contribution >= 0.6 is 0 Å². The summed E-state index contributed by atoms with van der Waals surface area (Å²) in [7, 11) is 1.67. The van der Waals surface area contributed by atoms with E-state index in [1.54, 1.807) is 13.3 Å². The zero-order chi connectivity index (χ0) is 12.1. The Balaban J connectivity index is 1.89. The summed E-state index contributed by atoms with van der Waals surface area (Å²) in [6.45, 7) is 2.90. The molecule has 0 radical (unpaired) electrons. The molecule has 0 spiro atoms. The maximum Gasteiger partial charge on any atom is 0.122 e. The van der Waals surface area contributed by atoms with Gasteiger partial charge in [-0.1, -0.05) is 12.1 Å². The van der Waals surface area contributed by atoms with E-state index in [1.165, 1.54) is 5.56 Å². The fraction of sp³-hybridized carbons (Fsp3) is 0.308. The highest BCUT2D eigenvalue weighted by Crippen LogP contribution is 2.12. The molecule has 90 valence electrons. The summed E-state index contributed by atoms with van der Waals surface area (Å²) in [6.07, 6.45) is 3.60. The van der Waals surface area contributed by atoms with E-state index in [0.29, 0.717) is 0 Å². The van der Waals surface area contributed by atoms with Gasteiger partial charge in [0.05, 0.1) is 13.2 Å².